The van der Waals surface area contributed by atoms with Crippen molar-refractivity contribution in [2.24, 2.45) is 0 Å². The maximum atomic E-state index is 13.7. The minimum Gasteiger partial charge on any atom is -0.467 e. The van der Waals surface area contributed by atoms with Gasteiger partial charge in [0.05, 0.1) is 7.11 Å². The fourth-order valence-corrected chi connectivity index (χ4v) is 1.69. The molecule has 0 aliphatic rings. The molecule has 1 atom stereocenters. The molecule has 22 heavy (non-hydrogen) atoms. The maximum Gasteiger partial charge on any atom is 0.408 e. The van der Waals surface area contributed by atoms with E-state index >= 15 is 0 Å². The molecule has 0 radical (unpaired) electrons. The Morgan fingerprint density at radius 2 is 1.91 bits per heavy atom. The van der Waals surface area contributed by atoms with Gasteiger partial charge in [0, 0.05) is 12.5 Å². The number of halogens is 2. The molecule has 1 aromatic rings. The first kappa shape index (κ1) is 17.9. The Hall–Kier alpha value is -2.18. The highest BCUT2D eigenvalue weighted by Crippen LogP contribution is 2.13. The first-order chi connectivity index (χ1) is 10.1. The number of amides is 1. The second kappa shape index (κ2) is 7.20. The number of esters is 1. The molecule has 0 fully saturated rings. The lowest BCUT2D eigenvalue weighted by molar-refractivity contribution is -0.143. The third kappa shape index (κ3) is 5.67. The van der Waals surface area contributed by atoms with Gasteiger partial charge in [0.25, 0.3) is 0 Å². The second-order valence-electron chi connectivity index (χ2n) is 5.66. The summed E-state index contributed by atoms with van der Waals surface area (Å²) in [4.78, 5) is 23.4. The molecule has 0 aromatic heterocycles. The highest BCUT2D eigenvalue weighted by Gasteiger charge is 2.26. The van der Waals surface area contributed by atoms with E-state index in [1.807, 2.05) is 0 Å². The van der Waals surface area contributed by atoms with Crippen LogP contribution >= 0.6 is 0 Å². The minimum atomic E-state index is -1.14. The monoisotopic (exact) mass is 315 g/mol. The van der Waals surface area contributed by atoms with Crippen molar-refractivity contribution in [1.29, 1.82) is 0 Å². The van der Waals surface area contributed by atoms with Crippen LogP contribution in [0.25, 0.3) is 0 Å². The van der Waals surface area contributed by atoms with Crippen LogP contribution in [0.3, 0.4) is 0 Å². The van der Waals surface area contributed by atoms with Gasteiger partial charge in [0.2, 0.25) is 0 Å². The number of ether oxygens (including phenoxy) is 2. The van der Waals surface area contributed by atoms with Gasteiger partial charge in [0.1, 0.15) is 23.3 Å². The van der Waals surface area contributed by atoms with Gasteiger partial charge in [-0.15, -0.1) is 0 Å². The molecular weight excluding hydrogens is 296 g/mol. The fraction of sp³-hybridized carbons (Fsp3) is 0.467. The smallest absolute Gasteiger partial charge is 0.408 e. The normalized spacial score (nSPS) is 12.5. The molecule has 0 heterocycles. The molecule has 0 unspecified atom stereocenters. The largest absolute Gasteiger partial charge is 0.467 e. The minimum absolute atomic E-state index is 0.0767. The van der Waals surface area contributed by atoms with Crippen LogP contribution in [-0.4, -0.2) is 30.8 Å². The summed E-state index contributed by atoms with van der Waals surface area (Å²) in [6.07, 6.45) is -1.01. The van der Waals surface area contributed by atoms with E-state index in [1.54, 1.807) is 20.8 Å². The van der Waals surface area contributed by atoms with E-state index in [0.29, 0.717) is 6.07 Å². The molecule has 0 saturated carbocycles. The maximum absolute atomic E-state index is 13.7. The Morgan fingerprint density at radius 3 is 2.41 bits per heavy atom. The quantitative estimate of drug-likeness (QED) is 0.867. The zero-order valence-corrected chi connectivity index (χ0v) is 12.9. The van der Waals surface area contributed by atoms with Crippen LogP contribution in [0.4, 0.5) is 13.6 Å². The highest BCUT2D eigenvalue weighted by molar-refractivity contribution is 5.81. The van der Waals surface area contributed by atoms with Gasteiger partial charge in [-0.05, 0) is 32.4 Å². The first-order valence-electron chi connectivity index (χ1n) is 6.63. The van der Waals surface area contributed by atoms with Crippen molar-refractivity contribution in [2.45, 2.75) is 38.8 Å². The lowest BCUT2D eigenvalue weighted by Crippen LogP contribution is -2.45. The van der Waals surface area contributed by atoms with E-state index in [9.17, 15) is 18.4 Å². The van der Waals surface area contributed by atoms with Crippen LogP contribution in [-0.2, 0) is 20.7 Å². The molecule has 1 amide bonds. The second-order valence-corrected chi connectivity index (χ2v) is 5.66. The van der Waals surface area contributed by atoms with Crippen LogP contribution in [0.5, 0.6) is 0 Å². The number of rotatable bonds is 4. The van der Waals surface area contributed by atoms with Gasteiger partial charge in [-0.2, -0.15) is 0 Å². The molecule has 7 heteroatoms. The SMILES string of the molecule is COC(=O)[C@H](Cc1ccc(F)cc1F)NC(=O)OC(C)(C)C. The van der Waals surface area contributed by atoms with Crippen LogP contribution in [0, 0.1) is 11.6 Å². The van der Waals surface area contributed by atoms with Crippen molar-refractivity contribution in [3.8, 4) is 0 Å². The molecule has 1 aromatic carbocycles. The van der Waals surface area contributed by atoms with Crippen LogP contribution < -0.4 is 5.32 Å². The Morgan fingerprint density at radius 1 is 1.27 bits per heavy atom. The van der Waals surface area contributed by atoms with Crippen LogP contribution in [0.2, 0.25) is 0 Å². The van der Waals surface area contributed by atoms with E-state index < -0.39 is 35.3 Å². The number of methoxy groups -OCH3 is 1. The van der Waals surface area contributed by atoms with Gasteiger partial charge >= 0.3 is 12.1 Å². The number of hydrogen-bond donors (Lipinski definition) is 1. The molecule has 0 aliphatic heterocycles. The van der Waals surface area contributed by atoms with Crippen LogP contribution in [0.1, 0.15) is 26.3 Å². The van der Waals surface area contributed by atoms with Gasteiger partial charge in [-0.1, -0.05) is 6.07 Å². The topological polar surface area (TPSA) is 64.6 Å². The summed E-state index contributed by atoms with van der Waals surface area (Å²) in [6.45, 7) is 5.00. The van der Waals surface area contributed by atoms with Gasteiger partial charge in [-0.3, -0.25) is 0 Å². The van der Waals surface area contributed by atoms with Gasteiger partial charge in [-0.25, -0.2) is 18.4 Å². The van der Waals surface area contributed by atoms with E-state index in [0.717, 1.165) is 13.2 Å². The van der Waals surface area contributed by atoms with Crippen molar-refractivity contribution in [3.63, 3.8) is 0 Å². The lowest BCUT2D eigenvalue weighted by Gasteiger charge is -2.22. The van der Waals surface area contributed by atoms with E-state index in [2.05, 4.69) is 10.1 Å². The number of benzene rings is 1. The van der Waals surface area contributed by atoms with E-state index in [-0.39, 0.29) is 12.0 Å². The average Bonchev–Trinajstić information content (AvgIpc) is 2.37. The number of hydrogen-bond acceptors (Lipinski definition) is 4. The summed E-state index contributed by atoms with van der Waals surface area (Å²) in [6, 6.07) is 1.84. The summed E-state index contributed by atoms with van der Waals surface area (Å²) in [5.74, 6) is -2.29. The predicted octanol–water partition coefficient (Wildman–Crippen LogP) is 2.57. The van der Waals surface area contributed by atoms with Crippen molar-refractivity contribution in [3.05, 3.63) is 35.4 Å². The van der Waals surface area contributed by atoms with E-state index in [4.69, 9.17) is 4.74 Å². The molecule has 5 nitrogen and oxygen atoms in total. The fourth-order valence-electron chi connectivity index (χ4n) is 1.69. The summed E-state index contributed by atoms with van der Waals surface area (Å²) >= 11 is 0. The van der Waals surface area contributed by atoms with Crippen LogP contribution in [0.15, 0.2) is 18.2 Å². The molecule has 1 rings (SSSR count). The lowest BCUT2D eigenvalue weighted by atomic mass is 10.1. The summed E-state index contributed by atoms with van der Waals surface area (Å²) in [5.41, 5.74) is -0.667. The summed E-state index contributed by atoms with van der Waals surface area (Å²) in [5, 5.41) is 2.32. The Labute approximate surface area is 127 Å². The Bertz CT molecular complexity index is 555. The molecule has 0 saturated heterocycles. The molecule has 122 valence electrons. The zero-order chi connectivity index (χ0) is 16.9. The summed E-state index contributed by atoms with van der Waals surface area (Å²) in [7, 11) is 1.15. The highest BCUT2D eigenvalue weighted by atomic mass is 19.1. The molecule has 0 aliphatic carbocycles. The average molecular weight is 315 g/mol. The van der Waals surface area contributed by atoms with Gasteiger partial charge in [0.15, 0.2) is 0 Å². The third-order valence-electron chi connectivity index (χ3n) is 2.62. The van der Waals surface area contributed by atoms with Gasteiger partial charge < -0.3 is 14.8 Å². The molecule has 0 spiro atoms. The number of carbonyl (C=O) groups excluding carboxylic acids is 2. The zero-order valence-electron chi connectivity index (χ0n) is 12.9. The van der Waals surface area contributed by atoms with Crippen molar-refractivity contribution in [2.75, 3.05) is 7.11 Å². The molecular formula is C15H19F2NO4. The molecule has 0 bridgehead atoms. The summed E-state index contributed by atoms with van der Waals surface area (Å²) < 4.78 is 36.1. The third-order valence-corrected chi connectivity index (χ3v) is 2.62. The standard InChI is InChI=1S/C15H19F2NO4/c1-15(2,3)22-14(20)18-12(13(19)21-4)7-9-5-6-10(16)8-11(9)17/h5-6,8,12H,7H2,1-4H3,(H,18,20)/t12-/m0/s1. The van der Waals surface area contributed by atoms with Crippen molar-refractivity contribution < 1.29 is 27.8 Å². The predicted molar refractivity (Wildman–Crippen MR) is 75.2 cm³/mol. The van der Waals surface area contributed by atoms with Crippen molar-refractivity contribution in [1.82, 2.24) is 5.32 Å². The number of carbonyl (C=O) groups is 2. The number of alkyl carbamates (subject to hydrolysis) is 1. The Balaban J connectivity index is 2.85. The van der Waals surface area contributed by atoms with E-state index in [1.165, 1.54) is 6.07 Å². The Kier molecular flexibility index (Phi) is 5.84. The van der Waals surface area contributed by atoms with Crippen molar-refractivity contribution >= 4 is 12.1 Å². The molecule has 1 N–H and O–H groups in total. The number of nitrogens with one attached hydrogen (secondary N) is 1. The first-order valence-corrected chi connectivity index (χ1v) is 6.63.